The Kier molecular flexibility index (Phi) is 4.01. The lowest BCUT2D eigenvalue weighted by molar-refractivity contribution is 0.449. The van der Waals surface area contributed by atoms with Crippen LogP contribution in [-0.2, 0) is 0 Å². The van der Waals surface area contributed by atoms with E-state index in [1.165, 1.54) is 24.3 Å². The van der Waals surface area contributed by atoms with Crippen LogP contribution in [0, 0.1) is 10.4 Å². The van der Waals surface area contributed by atoms with Crippen LogP contribution in [0.4, 0.5) is 0 Å². The molecule has 0 amide bonds. The van der Waals surface area contributed by atoms with Crippen LogP contribution in [0.25, 0.3) is 23.2 Å². The number of halogens is 1. The van der Waals surface area contributed by atoms with Crippen molar-refractivity contribution in [3.05, 3.63) is 74.5 Å². The van der Waals surface area contributed by atoms with E-state index in [-0.39, 0.29) is 22.7 Å². The Morgan fingerprint density at radius 1 is 1.17 bits per heavy atom. The van der Waals surface area contributed by atoms with Gasteiger partial charge >= 0.3 is 0 Å². The molecule has 1 aromatic carbocycles. The van der Waals surface area contributed by atoms with E-state index in [2.05, 4.69) is 9.97 Å². The molecule has 1 aliphatic heterocycles. The fourth-order valence-electron chi connectivity index (χ4n) is 2.14. The molecule has 2 aliphatic rings. The van der Waals surface area contributed by atoms with Crippen molar-refractivity contribution >= 4 is 23.4 Å². The smallest absolute Gasteiger partial charge is 0.224 e. The second-order valence-electron chi connectivity index (χ2n) is 4.97. The zero-order valence-electron chi connectivity index (χ0n) is 12.1. The molecule has 24 heavy (non-hydrogen) atoms. The van der Waals surface area contributed by atoms with E-state index in [1.807, 2.05) is 0 Å². The number of hydrogen-bond donors (Lipinski definition) is 3. The van der Waals surface area contributed by atoms with Gasteiger partial charge in [-0.25, -0.2) is 4.98 Å². The quantitative estimate of drug-likeness (QED) is 0.488. The highest BCUT2D eigenvalue weighted by Crippen LogP contribution is 2.25. The minimum atomic E-state index is -0.537. The van der Waals surface area contributed by atoms with E-state index in [4.69, 9.17) is 11.6 Å². The molecule has 0 radical (unpaired) electrons. The molecular weight excluding hydrogens is 334 g/mol. The summed E-state index contributed by atoms with van der Waals surface area (Å²) in [5, 5.41) is 42.1. The van der Waals surface area contributed by atoms with E-state index in [0.717, 1.165) is 0 Å². The predicted octanol–water partition coefficient (Wildman–Crippen LogP) is 2.70. The van der Waals surface area contributed by atoms with Gasteiger partial charge in [0.2, 0.25) is 11.2 Å². The van der Waals surface area contributed by atoms with Crippen LogP contribution in [-0.4, -0.2) is 20.2 Å². The second-order valence-corrected chi connectivity index (χ2v) is 5.40. The van der Waals surface area contributed by atoms with Crippen LogP contribution < -0.4 is 10.3 Å². The van der Waals surface area contributed by atoms with Crippen LogP contribution in [0.15, 0.2) is 42.5 Å². The summed E-state index contributed by atoms with van der Waals surface area (Å²) in [6.45, 7) is 0. The average Bonchev–Trinajstić information content (AvgIpc) is 2.55. The minimum Gasteiger partial charge on any atom is -0.612 e. The average molecular weight is 345 g/mol. The molecule has 0 fully saturated rings. The number of aliphatic hydroxyl groups excluding tert-OH is 1. The number of aromatic hydroxyl groups is 1. The van der Waals surface area contributed by atoms with Gasteiger partial charge in [0, 0.05) is 28.8 Å². The zero-order chi connectivity index (χ0) is 17.3. The van der Waals surface area contributed by atoms with Crippen molar-refractivity contribution in [2.24, 2.45) is 0 Å². The van der Waals surface area contributed by atoms with Crippen molar-refractivity contribution in [3.63, 3.8) is 0 Å². The molecular formula is C16H11ClN3O4-. The fourth-order valence-corrected chi connectivity index (χ4v) is 2.27. The van der Waals surface area contributed by atoms with Gasteiger partial charge in [0.1, 0.15) is 11.5 Å². The van der Waals surface area contributed by atoms with E-state index in [9.17, 15) is 20.6 Å². The first kappa shape index (κ1) is 15.7. The molecule has 1 heterocycles. The molecule has 8 heteroatoms. The Morgan fingerprint density at radius 2 is 1.88 bits per heavy atom. The SMILES string of the molecule is [O-][N+]([O-])=c1ccc2nc(/C=C(\O)c3ccc(Cl)cc3)c(O)[nH]c-2c1. The van der Waals surface area contributed by atoms with Crippen molar-refractivity contribution in [2.75, 3.05) is 0 Å². The second kappa shape index (κ2) is 6.13. The Morgan fingerprint density at radius 3 is 2.54 bits per heavy atom. The monoisotopic (exact) mass is 344 g/mol. The molecule has 0 atom stereocenters. The van der Waals surface area contributed by atoms with Crippen LogP contribution in [0.3, 0.4) is 0 Å². The first-order chi connectivity index (χ1) is 11.4. The number of H-pyrrole nitrogens is 1. The van der Waals surface area contributed by atoms with Crippen molar-refractivity contribution in [1.82, 2.24) is 14.9 Å². The summed E-state index contributed by atoms with van der Waals surface area (Å²) in [6.07, 6.45) is 1.29. The number of rotatable bonds is 2. The topological polar surface area (TPSA) is 118 Å². The summed E-state index contributed by atoms with van der Waals surface area (Å²) >= 11 is 5.80. The lowest BCUT2D eigenvalue weighted by Crippen LogP contribution is -2.18. The standard InChI is InChI=1S/C16H11ClN3O4/c17-10-3-1-9(2-4-10)15(21)8-14-16(22)19-13-7-11(20(23)24)5-6-12(13)18-14/h1-8,19H,(H2-,18,21,22,23,24)/q-1/b15-8-. The van der Waals surface area contributed by atoms with Gasteiger partial charge in [-0.15, -0.1) is 0 Å². The van der Waals surface area contributed by atoms with Gasteiger partial charge in [-0.1, -0.05) is 11.6 Å². The minimum absolute atomic E-state index is 0.101. The third-order valence-electron chi connectivity index (χ3n) is 3.34. The predicted molar refractivity (Wildman–Crippen MR) is 90.8 cm³/mol. The van der Waals surface area contributed by atoms with Gasteiger partial charge in [0.15, 0.2) is 0 Å². The molecule has 0 aromatic heterocycles. The summed E-state index contributed by atoms with van der Waals surface area (Å²) in [5.41, 5.74) is 1.33. The maximum Gasteiger partial charge on any atom is 0.224 e. The van der Waals surface area contributed by atoms with Crippen LogP contribution in [0.2, 0.25) is 5.02 Å². The molecule has 0 unspecified atom stereocenters. The molecule has 0 saturated heterocycles. The van der Waals surface area contributed by atoms with Crippen molar-refractivity contribution < 1.29 is 10.2 Å². The van der Waals surface area contributed by atoms with E-state index < -0.39 is 4.90 Å². The molecule has 3 N–H and O–H groups in total. The maximum atomic E-state index is 10.8. The lowest BCUT2D eigenvalue weighted by Gasteiger charge is -2.09. The number of fused-ring (bicyclic) bond motifs is 1. The van der Waals surface area contributed by atoms with Gasteiger partial charge < -0.3 is 25.6 Å². The van der Waals surface area contributed by atoms with Crippen molar-refractivity contribution in [2.45, 2.75) is 0 Å². The molecule has 0 bridgehead atoms. The summed E-state index contributed by atoms with van der Waals surface area (Å²) in [5.74, 6) is -0.423. The van der Waals surface area contributed by atoms with E-state index in [0.29, 0.717) is 22.0 Å². The van der Waals surface area contributed by atoms with Gasteiger partial charge in [0.05, 0.1) is 11.4 Å². The number of benzene rings is 2. The summed E-state index contributed by atoms with van der Waals surface area (Å²) in [6, 6.07) is 10.5. The van der Waals surface area contributed by atoms with Crippen LogP contribution >= 0.6 is 11.6 Å². The van der Waals surface area contributed by atoms with Crippen molar-refractivity contribution in [1.29, 1.82) is 0 Å². The normalized spacial score (nSPS) is 11.6. The van der Waals surface area contributed by atoms with Gasteiger partial charge in [-0.2, -0.15) is 4.90 Å². The maximum absolute atomic E-state index is 10.8. The highest BCUT2D eigenvalue weighted by molar-refractivity contribution is 6.30. The number of nitrogens with zero attached hydrogens (tertiary/aromatic N) is 2. The van der Waals surface area contributed by atoms with Gasteiger partial charge in [0.25, 0.3) is 0 Å². The van der Waals surface area contributed by atoms with Crippen LogP contribution in [0.1, 0.15) is 11.3 Å². The highest BCUT2D eigenvalue weighted by Gasteiger charge is 2.11. The summed E-state index contributed by atoms with van der Waals surface area (Å²) in [4.78, 5) is 6.29. The highest BCUT2D eigenvalue weighted by atomic mass is 35.5. The molecule has 3 rings (SSSR count). The van der Waals surface area contributed by atoms with Crippen molar-refractivity contribution in [3.8, 4) is 17.3 Å². The molecule has 122 valence electrons. The Labute approximate surface area is 140 Å². The number of nitrogens with one attached hydrogen (secondary N) is 1. The number of aliphatic hydroxyl groups is 1. The largest absolute Gasteiger partial charge is 0.612 e. The van der Waals surface area contributed by atoms with E-state index >= 15 is 0 Å². The lowest BCUT2D eigenvalue weighted by atomic mass is 10.1. The third-order valence-corrected chi connectivity index (χ3v) is 3.59. The molecule has 7 nitrogen and oxygen atoms in total. The molecule has 0 spiro atoms. The summed E-state index contributed by atoms with van der Waals surface area (Å²) < 4.78 is 0. The first-order valence-corrected chi connectivity index (χ1v) is 7.19. The summed E-state index contributed by atoms with van der Waals surface area (Å²) in [7, 11) is 0. The number of aromatic amines is 1. The Balaban J connectivity index is 2.07. The molecule has 1 aromatic rings. The third kappa shape index (κ3) is 3.11. The fraction of sp³-hybridized carbons (Fsp3) is 0. The molecule has 0 saturated carbocycles. The Bertz CT molecular complexity index is 960. The van der Waals surface area contributed by atoms with E-state index in [1.54, 1.807) is 24.3 Å². The first-order valence-electron chi connectivity index (χ1n) is 6.81. The molecule has 1 aliphatic carbocycles. The van der Waals surface area contributed by atoms with Crippen LogP contribution in [0.5, 0.6) is 5.88 Å². The van der Waals surface area contributed by atoms with Gasteiger partial charge in [-0.05, 0) is 30.3 Å². The zero-order valence-corrected chi connectivity index (χ0v) is 12.9. The number of hydrogen-bond acceptors (Lipinski definition) is 5. The van der Waals surface area contributed by atoms with Gasteiger partial charge in [-0.3, -0.25) is 0 Å². The Hall–Kier alpha value is -3.19. The number of aromatic nitrogens is 2.